The number of hydrogen-bond acceptors (Lipinski definition) is 6. The van der Waals surface area contributed by atoms with Crippen molar-refractivity contribution < 1.29 is 22.7 Å². The van der Waals surface area contributed by atoms with Crippen LogP contribution in [0.1, 0.15) is 34.3 Å². The van der Waals surface area contributed by atoms with Crippen molar-refractivity contribution in [3.05, 3.63) is 46.3 Å². The van der Waals surface area contributed by atoms with Gasteiger partial charge in [0, 0.05) is 25.7 Å². The van der Waals surface area contributed by atoms with E-state index in [0.29, 0.717) is 17.7 Å². The summed E-state index contributed by atoms with van der Waals surface area (Å²) in [7, 11) is -0.705. The number of carbonyl (C=O) groups excluding carboxylic acids is 2. The molecule has 0 saturated carbocycles. The standard InChI is InChI=1S/C19H24N2O5S2/c1-13-11-15(12-16(14(13)2)19(23)26-4)20-17(22)7-5-9-21(3)28(24,25)18-8-6-10-27-18/h6,8,10-12H,5,7,9H2,1-4H3,(H,20,22). The van der Waals surface area contributed by atoms with Crippen LogP contribution >= 0.6 is 11.3 Å². The van der Waals surface area contributed by atoms with Crippen LogP contribution < -0.4 is 5.32 Å². The molecule has 0 bridgehead atoms. The predicted octanol–water partition coefficient (Wildman–Crippen LogP) is 3.19. The van der Waals surface area contributed by atoms with Crippen molar-refractivity contribution in [3.8, 4) is 0 Å². The predicted molar refractivity (Wildman–Crippen MR) is 109 cm³/mol. The van der Waals surface area contributed by atoms with Gasteiger partial charge in [-0.1, -0.05) is 6.07 Å². The average Bonchev–Trinajstić information content (AvgIpc) is 3.19. The molecular weight excluding hydrogens is 400 g/mol. The molecule has 1 N–H and O–H groups in total. The van der Waals surface area contributed by atoms with Crippen molar-refractivity contribution in [1.82, 2.24) is 4.31 Å². The van der Waals surface area contributed by atoms with Crippen molar-refractivity contribution in [3.63, 3.8) is 0 Å². The van der Waals surface area contributed by atoms with Gasteiger partial charge < -0.3 is 10.1 Å². The summed E-state index contributed by atoms with van der Waals surface area (Å²) in [6.07, 6.45) is 0.534. The molecule has 2 aromatic rings. The highest BCUT2D eigenvalue weighted by Crippen LogP contribution is 2.22. The Balaban J connectivity index is 1.94. The van der Waals surface area contributed by atoms with Crippen LogP contribution in [0.2, 0.25) is 0 Å². The monoisotopic (exact) mass is 424 g/mol. The number of nitrogens with one attached hydrogen (secondary N) is 1. The quantitative estimate of drug-likeness (QED) is 0.657. The highest BCUT2D eigenvalue weighted by Gasteiger charge is 2.21. The first-order valence-corrected chi connectivity index (χ1v) is 11.0. The molecule has 28 heavy (non-hydrogen) atoms. The van der Waals surface area contributed by atoms with E-state index >= 15 is 0 Å². The number of thiophene rings is 1. The molecule has 9 heteroatoms. The van der Waals surface area contributed by atoms with E-state index < -0.39 is 16.0 Å². The number of methoxy groups -OCH3 is 1. The smallest absolute Gasteiger partial charge is 0.338 e. The number of ether oxygens (including phenoxy) is 1. The summed E-state index contributed by atoms with van der Waals surface area (Å²) in [6.45, 7) is 3.90. The topological polar surface area (TPSA) is 92.8 Å². The molecule has 1 amide bonds. The van der Waals surface area contributed by atoms with Gasteiger partial charge >= 0.3 is 5.97 Å². The number of carbonyl (C=O) groups is 2. The van der Waals surface area contributed by atoms with Gasteiger partial charge in [-0.15, -0.1) is 11.3 Å². The zero-order valence-corrected chi connectivity index (χ0v) is 17.9. The molecule has 0 radical (unpaired) electrons. The van der Waals surface area contributed by atoms with Crippen molar-refractivity contribution in [1.29, 1.82) is 0 Å². The third-order valence-electron chi connectivity index (χ3n) is 4.39. The summed E-state index contributed by atoms with van der Waals surface area (Å²) < 4.78 is 31.0. The normalized spacial score (nSPS) is 11.5. The van der Waals surface area contributed by atoms with Crippen LogP contribution in [0.25, 0.3) is 0 Å². The summed E-state index contributed by atoms with van der Waals surface area (Å²) in [4.78, 5) is 24.1. The minimum atomic E-state index is -3.51. The van der Waals surface area contributed by atoms with Gasteiger partial charge in [0.25, 0.3) is 10.0 Å². The van der Waals surface area contributed by atoms with Crippen LogP contribution in [0.4, 0.5) is 5.69 Å². The molecular formula is C19H24N2O5S2. The number of amides is 1. The molecule has 1 aromatic heterocycles. The maximum absolute atomic E-state index is 12.4. The van der Waals surface area contributed by atoms with E-state index in [4.69, 9.17) is 4.74 Å². The third-order valence-corrected chi connectivity index (χ3v) is 7.62. The lowest BCUT2D eigenvalue weighted by atomic mass is 10.0. The van der Waals surface area contributed by atoms with E-state index in [-0.39, 0.29) is 23.1 Å². The maximum Gasteiger partial charge on any atom is 0.338 e. The molecule has 0 aliphatic rings. The van der Waals surface area contributed by atoms with Gasteiger partial charge in [-0.05, 0) is 55.0 Å². The molecule has 7 nitrogen and oxygen atoms in total. The van der Waals surface area contributed by atoms with E-state index in [2.05, 4.69) is 5.32 Å². The molecule has 0 saturated heterocycles. The van der Waals surface area contributed by atoms with Crippen molar-refractivity contribution in [2.45, 2.75) is 30.9 Å². The van der Waals surface area contributed by atoms with E-state index in [0.717, 1.165) is 22.5 Å². The van der Waals surface area contributed by atoms with Crippen LogP contribution in [0.15, 0.2) is 33.9 Å². The second-order valence-corrected chi connectivity index (χ2v) is 9.59. The zero-order chi connectivity index (χ0) is 20.9. The molecule has 0 unspecified atom stereocenters. The van der Waals surface area contributed by atoms with Crippen LogP contribution in [-0.2, 0) is 19.6 Å². The Kier molecular flexibility index (Phi) is 7.34. The lowest BCUT2D eigenvalue weighted by Crippen LogP contribution is -2.28. The summed E-state index contributed by atoms with van der Waals surface area (Å²) in [5.74, 6) is -0.710. The maximum atomic E-state index is 12.4. The molecule has 152 valence electrons. The highest BCUT2D eigenvalue weighted by atomic mass is 32.2. The Morgan fingerprint density at radius 1 is 1.25 bits per heavy atom. The van der Waals surface area contributed by atoms with Crippen molar-refractivity contribution in [2.75, 3.05) is 26.0 Å². The SMILES string of the molecule is COC(=O)c1cc(NC(=O)CCCN(C)S(=O)(=O)c2cccs2)cc(C)c1C. The van der Waals surface area contributed by atoms with Crippen LogP contribution in [-0.4, -0.2) is 45.3 Å². The molecule has 1 aromatic carbocycles. The van der Waals surface area contributed by atoms with Gasteiger partial charge in [-0.2, -0.15) is 0 Å². The summed E-state index contributed by atoms with van der Waals surface area (Å²) in [6, 6.07) is 6.61. The zero-order valence-electron chi connectivity index (χ0n) is 16.3. The molecule has 0 spiro atoms. The first-order valence-electron chi connectivity index (χ1n) is 8.66. The Labute approximate surface area is 169 Å². The first kappa shape index (κ1) is 22.1. The van der Waals surface area contributed by atoms with E-state index in [1.807, 2.05) is 13.8 Å². The van der Waals surface area contributed by atoms with Gasteiger partial charge in [0.05, 0.1) is 12.7 Å². The number of hydrogen-bond donors (Lipinski definition) is 1. The third kappa shape index (κ3) is 5.18. The second kappa shape index (κ2) is 9.31. The van der Waals surface area contributed by atoms with Crippen molar-refractivity contribution >= 4 is 38.9 Å². The van der Waals surface area contributed by atoms with Gasteiger partial charge in [0.2, 0.25) is 5.91 Å². The number of aryl methyl sites for hydroxylation is 1. The van der Waals surface area contributed by atoms with E-state index in [9.17, 15) is 18.0 Å². The molecule has 0 atom stereocenters. The largest absolute Gasteiger partial charge is 0.465 e. The lowest BCUT2D eigenvalue weighted by Gasteiger charge is -2.16. The Morgan fingerprint density at radius 2 is 1.96 bits per heavy atom. The fraction of sp³-hybridized carbons (Fsp3) is 0.368. The second-order valence-electron chi connectivity index (χ2n) is 6.37. The summed E-state index contributed by atoms with van der Waals surface area (Å²) in [5, 5.41) is 4.47. The number of sulfonamides is 1. The molecule has 2 rings (SSSR count). The number of esters is 1. The van der Waals surface area contributed by atoms with Crippen LogP contribution in [0.3, 0.4) is 0 Å². The molecule has 0 aliphatic heterocycles. The van der Waals surface area contributed by atoms with Gasteiger partial charge in [0.15, 0.2) is 0 Å². The Hall–Kier alpha value is -2.23. The van der Waals surface area contributed by atoms with Gasteiger partial charge in [-0.25, -0.2) is 17.5 Å². The van der Waals surface area contributed by atoms with E-state index in [1.165, 1.54) is 18.5 Å². The minimum absolute atomic E-state index is 0.158. The summed E-state index contributed by atoms with van der Waals surface area (Å²) in [5.41, 5.74) is 2.57. The Morgan fingerprint density at radius 3 is 2.57 bits per heavy atom. The fourth-order valence-corrected chi connectivity index (χ4v) is 5.03. The van der Waals surface area contributed by atoms with Gasteiger partial charge in [0.1, 0.15) is 4.21 Å². The minimum Gasteiger partial charge on any atom is -0.465 e. The van der Waals surface area contributed by atoms with Crippen molar-refractivity contribution in [2.24, 2.45) is 0 Å². The number of rotatable bonds is 8. The first-order chi connectivity index (χ1) is 13.2. The lowest BCUT2D eigenvalue weighted by molar-refractivity contribution is -0.116. The highest BCUT2D eigenvalue weighted by molar-refractivity contribution is 7.91. The molecule has 0 fully saturated rings. The Bertz CT molecular complexity index is 953. The summed E-state index contributed by atoms with van der Waals surface area (Å²) >= 11 is 1.16. The van der Waals surface area contributed by atoms with Crippen LogP contribution in [0.5, 0.6) is 0 Å². The van der Waals surface area contributed by atoms with Gasteiger partial charge in [-0.3, -0.25) is 4.79 Å². The fourth-order valence-electron chi connectivity index (χ4n) is 2.62. The number of nitrogens with zero attached hydrogens (tertiary/aromatic N) is 1. The van der Waals surface area contributed by atoms with E-state index in [1.54, 1.807) is 29.6 Å². The van der Waals surface area contributed by atoms with Crippen LogP contribution in [0, 0.1) is 13.8 Å². The number of benzene rings is 1. The number of anilines is 1. The molecule has 1 heterocycles. The molecule has 0 aliphatic carbocycles. The average molecular weight is 425 g/mol.